The lowest BCUT2D eigenvalue weighted by atomic mass is 10.2. The number of amides is 1. The number of nitrogens with zero attached hydrogens (tertiary/aromatic N) is 4. The topological polar surface area (TPSA) is 104 Å². The Labute approximate surface area is 145 Å². The summed E-state index contributed by atoms with van der Waals surface area (Å²) in [6.07, 6.45) is 0.435. The molecule has 1 unspecified atom stereocenters. The summed E-state index contributed by atoms with van der Waals surface area (Å²) in [5, 5.41) is 15.8. The minimum Gasteiger partial charge on any atom is -0.484 e. The van der Waals surface area contributed by atoms with Crippen molar-refractivity contribution in [2.24, 2.45) is 0 Å². The highest BCUT2D eigenvalue weighted by molar-refractivity contribution is 5.77. The third-order valence-electron chi connectivity index (χ3n) is 3.94. The van der Waals surface area contributed by atoms with E-state index in [2.05, 4.69) is 15.2 Å². The van der Waals surface area contributed by atoms with Gasteiger partial charge in [0.1, 0.15) is 17.7 Å². The van der Waals surface area contributed by atoms with Crippen LogP contribution in [0.2, 0.25) is 0 Å². The second kappa shape index (κ2) is 7.77. The first kappa shape index (κ1) is 16.9. The number of nitriles is 1. The van der Waals surface area contributed by atoms with Crippen LogP contribution in [-0.4, -0.2) is 52.3 Å². The maximum Gasteiger partial charge on any atom is 0.260 e. The van der Waals surface area contributed by atoms with Crippen molar-refractivity contribution in [2.75, 3.05) is 26.3 Å². The molecule has 1 amide bonds. The summed E-state index contributed by atoms with van der Waals surface area (Å²) in [7, 11) is 0. The molecule has 1 aliphatic heterocycles. The lowest BCUT2D eigenvalue weighted by Gasteiger charge is -2.31. The molecule has 0 radical (unpaired) electrons. The van der Waals surface area contributed by atoms with Crippen molar-refractivity contribution in [3.63, 3.8) is 0 Å². The number of carbonyl (C=O) groups is 1. The monoisotopic (exact) mass is 341 g/mol. The zero-order valence-corrected chi connectivity index (χ0v) is 13.9. The number of aromatic nitrogens is 3. The van der Waals surface area contributed by atoms with Crippen LogP contribution in [0.1, 0.15) is 30.2 Å². The van der Waals surface area contributed by atoms with Gasteiger partial charge in [0.05, 0.1) is 24.8 Å². The molecule has 2 heterocycles. The largest absolute Gasteiger partial charge is 0.484 e. The first-order valence-corrected chi connectivity index (χ1v) is 8.13. The molecule has 1 aliphatic rings. The maximum atomic E-state index is 12.4. The van der Waals surface area contributed by atoms with Gasteiger partial charge in [-0.05, 0) is 24.3 Å². The van der Waals surface area contributed by atoms with Gasteiger partial charge >= 0.3 is 0 Å². The van der Waals surface area contributed by atoms with E-state index in [1.54, 1.807) is 29.2 Å². The number of rotatable bonds is 5. The highest BCUT2D eigenvalue weighted by Crippen LogP contribution is 2.19. The molecule has 0 bridgehead atoms. The summed E-state index contributed by atoms with van der Waals surface area (Å²) in [5.74, 6) is 1.80. The number of hydrogen-bond acceptors (Lipinski definition) is 6. The molecular formula is C17H19N5O3. The number of morpholine rings is 1. The number of carbonyl (C=O) groups excluding carboxylic acids is 1. The van der Waals surface area contributed by atoms with Gasteiger partial charge in [-0.25, -0.2) is 4.98 Å². The van der Waals surface area contributed by atoms with Crippen molar-refractivity contribution < 1.29 is 14.3 Å². The SMILES string of the molecule is CCc1nc(C2CN(C(=O)COc3ccc(C#N)cc3)CCO2)n[nH]1. The first-order valence-electron chi connectivity index (χ1n) is 8.13. The van der Waals surface area contributed by atoms with Crippen molar-refractivity contribution >= 4 is 5.91 Å². The second-order valence-corrected chi connectivity index (χ2v) is 5.62. The molecule has 8 heteroatoms. The van der Waals surface area contributed by atoms with Crippen LogP contribution in [0.5, 0.6) is 5.75 Å². The zero-order chi connectivity index (χ0) is 17.6. The van der Waals surface area contributed by atoms with Crippen molar-refractivity contribution in [3.8, 4) is 11.8 Å². The van der Waals surface area contributed by atoms with Crippen LogP contribution in [0.25, 0.3) is 0 Å². The van der Waals surface area contributed by atoms with E-state index in [-0.39, 0.29) is 18.6 Å². The van der Waals surface area contributed by atoms with Gasteiger partial charge in [-0.2, -0.15) is 10.4 Å². The Morgan fingerprint density at radius 3 is 2.96 bits per heavy atom. The Kier molecular flexibility index (Phi) is 5.26. The molecule has 1 fully saturated rings. The van der Waals surface area contributed by atoms with Crippen molar-refractivity contribution in [1.29, 1.82) is 5.26 Å². The van der Waals surface area contributed by atoms with E-state index in [1.165, 1.54) is 0 Å². The Balaban J connectivity index is 1.55. The normalized spacial score (nSPS) is 17.1. The number of benzene rings is 1. The fourth-order valence-corrected chi connectivity index (χ4v) is 2.51. The maximum absolute atomic E-state index is 12.4. The standard InChI is InChI=1S/C17H19N5O3/c1-2-15-19-17(21-20-15)14-10-22(7-8-24-14)16(23)11-25-13-5-3-12(9-18)4-6-13/h3-6,14H,2,7-8,10-11H2,1H3,(H,19,20,21). The Morgan fingerprint density at radius 1 is 1.48 bits per heavy atom. The summed E-state index contributed by atoms with van der Waals surface area (Å²) >= 11 is 0. The van der Waals surface area contributed by atoms with Gasteiger partial charge in [0.25, 0.3) is 5.91 Å². The molecule has 8 nitrogen and oxygen atoms in total. The van der Waals surface area contributed by atoms with Crippen LogP contribution in [0.4, 0.5) is 0 Å². The molecule has 130 valence electrons. The van der Waals surface area contributed by atoms with E-state index >= 15 is 0 Å². The summed E-state index contributed by atoms with van der Waals surface area (Å²) in [6, 6.07) is 8.69. The molecule has 25 heavy (non-hydrogen) atoms. The molecular weight excluding hydrogens is 322 g/mol. The second-order valence-electron chi connectivity index (χ2n) is 5.62. The first-order chi connectivity index (χ1) is 12.2. The molecule has 1 N–H and O–H groups in total. The van der Waals surface area contributed by atoms with E-state index in [0.29, 0.717) is 36.8 Å². The number of hydrogen-bond donors (Lipinski definition) is 1. The number of ether oxygens (including phenoxy) is 2. The number of H-pyrrole nitrogens is 1. The molecule has 3 rings (SSSR count). The van der Waals surface area contributed by atoms with Crippen molar-refractivity contribution in [1.82, 2.24) is 20.1 Å². The van der Waals surface area contributed by atoms with Gasteiger partial charge in [-0.3, -0.25) is 9.89 Å². The van der Waals surface area contributed by atoms with Crippen LogP contribution in [0.3, 0.4) is 0 Å². The smallest absolute Gasteiger partial charge is 0.260 e. The fraction of sp³-hybridized carbons (Fsp3) is 0.412. The molecule has 1 aromatic heterocycles. The summed E-state index contributed by atoms with van der Waals surface area (Å²) in [4.78, 5) is 18.4. The van der Waals surface area contributed by atoms with Gasteiger partial charge in [0.2, 0.25) is 0 Å². The van der Waals surface area contributed by atoms with Gasteiger partial charge < -0.3 is 14.4 Å². The van der Waals surface area contributed by atoms with Crippen LogP contribution in [0, 0.1) is 11.3 Å². The Bertz CT molecular complexity index is 765. The minimum atomic E-state index is -0.329. The third kappa shape index (κ3) is 4.14. The van der Waals surface area contributed by atoms with Crippen LogP contribution < -0.4 is 4.74 Å². The highest BCUT2D eigenvalue weighted by Gasteiger charge is 2.28. The molecule has 2 aromatic rings. The Morgan fingerprint density at radius 2 is 2.28 bits per heavy atom. The zero-order valence-electron chi connectivity index (χ0n) is 13.9. The van der Waals surface area contributed by atoms with Gasteiger partial charge in [0, 0.05) is 13.0 Å². The van der Waals surface area contributed by atoms with E-state index in [1.807, 2.05) is 13.0 Å². The molecule has 1 aromatic carbocycles. The average Bonchev–Trinajstić information content (AvgIpc) is 3.16. The number of aryl methyl sites for hydroxylation is 1. The lowest BCUT2D eigenvalue weighted by molar-refractivity contribution is -0.141. The Hall–Kier alpha value is -2.92. The summed E-state index contributed by atoms with van der Waals surface area (Å²) in [6.45, 7) is 3.27. The third-order valence-corrected chi connectivity index (χ3v) is 3.94. The fourth-order valence-electron chi connectivity index (χ4n) is 2.51. The van der Waals surface area contributed by atoms with Gasteiger partial charge in [0.15, 0.2) is 12.4 Å². The average molecular weight is 341 g/mol. The van der Waals surface area contributed by atoms with Crippen LogP contribution in [0.15, 0.2) is 24.3 Å². The predicted octanol–water partition coefficient (Wildman–Crippen LogP) is 1.22. The molecule has 0 saturated carbocycles. The van der Waals surface area contributed by atoms with Gasteiger partial charge in [-0.15, -0.1) is 0 Å². The summed E-state index contributed by atoms with van der Waals surface area (Å²) < 4.78 is 11.2. The molecule has 1 saturated heterocycles. The van der Waals surface area contributed by atoms with E-state index < -0.39 is 0 Å². The number of nitrogens with one attached hydrogen (secondary N) is 1. The predicted molar refractivity (Wildman–Crippen MR) is 87.7 cm³/mol. The lowest BCUT2D eigenvalue weighted by Crippen LogP contribution is -2.44. The highest BCUT2D eigenvalue weighted by atomic mass is 16.5. The van der Waals surface area contributed by atoms with E-state index in [0.717, 1.165) is 12.2 Å². The molecule has 0 spiro atoms. The molecule has 1 atom stereocenters. The molecule has 0 aliphatic carbocycles. The van der Waals surface area contributed by atoms with Crippen LogP contribution in [-0.2, 0) is 16.0 Å². The van der Waals surface area contributed by atoms with E-state index in [9.17, 15) is 4.79 Å². The van der Waals surface area contributed by atoms with Crippen LogP contribution >= 0.6 is 0 Å². The minimum absolute atomic E-state index is 0.0627. The summed E-state index contributed by atoms with van der Waals surface area (Å²) in [5.41, 5.74) is 0.549. The van der Waals surface area contributed by atoms with Crippen molar-refractivity contribution in [3.05, 3.63) is 41.5 Å². The quantitative estimate of drug-likeness (QED) is 0.877. The van der Waals surface area contributed by atoms with Gasteiger partial charge in [-0.1, -0.05) is 6.92 Å². The van der Waals surface area contributed by atoms with E-state index in [4.69, 9.17) is 14.7 Å². The number of aromatic amines is 1. The van der Waals surface area contributed by atoms with Crippen molar-refractivity contribution in [2.45, 2.75) is 19.4 Å².